The van der Waals surface area contributed by atoms with Gasteiger partial charge in [-0.2, -0.15) is 0 Å². The fourth-order valence-electron chi connectivity index (χ4n) is 1.91. The SMILES string of the molecule is CC(C)C[C@H](NC(=O)CNC(=O)c1cccc(Cl)c1)B(O)O. The quantitative estimate of drug-likeness (QED) is 0.552. The van der Waals surface area contributed by atoms with E-state index in [2.05, 4.69) is 10.6 Å². The second-order valence-electron chi connectivity index (χ2n) is 5.41. The Labute approximate surface area is 135 Å². The monoisotopic (exact) mass is 326 g/mol. The summed E-state index contributed by atoms with van der Waals surface area (Å²) in [4.78, 5) is 23.6. The summed E-state index contributed by atoms with van der Waals surface area (Å²) in [5.41, 5.74) is 0.348. The van der Waals surface area contributed by atoms with Gasteiger partial charge in [-0.25, -0.2) is 0 Å². The summed E-state index contributed by atoms with van der Waals surface area (Å²) in [7, 11) is -1.64. The molecule has 1 rings (SSSR count). The molecule has 0 aliphatic carbocycles. The van der Waals surface area contributed by atoms with Gasteiger partial charge < -0.3 is 20.7 Å². The molecule has 0 bridgehead atoms. The van der Waals surface area contributed by atoms with E-state index in [4.69, 9.17) is 11.6 Å². The molecule has 0 spiro atoms. The average molecular weight is 327 g/mol. The van der Waals surface area contributed by atoms with Crippen LogP contribution in [0.2, 0.25) is 5.02 Å². The van der Waals surface area contributed by atoms with Crippen LogP contribution in [0.15, 0.2) is 24.3 Å². The van der Waals surface area contributed by atoms with Crippen molar-refractivity contribution in [1.29, 1.82) is 0 Å². The summed E-state index contributed by atoms with van der Waals surface area (Å²) in [5, 5.41) is 23.8. The summed E-state index contributed by atoms with van der Waals surface area (Å²) >= 11 is 5.79. The van der Waals surface area contributed by atoms with E-state index < -0.39 is 24.9 Å². The van der Waals surface area contributed by atoms with Gasteiger partial charge in [-0.3, -0.25) is 9.59 Å². The number of hydrogen-bond acceptors (Lipinski definition) is 4. The summed E-state index contributed by atoms with van der Waals surface area (Å²) in [5.74, 6) is -1.50. The van der Waals surface area contributed by atoms with Crippen molar-refractivity contribution in [3.8, 4) is 0 Å². The Morgan fingerprint density at radius 2 is 2.00 bits per heavy atom. The van der Waals surface area contributed by atoms with Crippen molar-refractivity contribution in [3.05, 3.63) is 34.9 Å². The molecule has 0 saturated carbocycles. The molecule has 22 heavy (non-hydrogen) atoms. The van der Waals surface area contributed by atoms with E-state index in [1.165, 1.54) is 6.07 Å². The van der Waals surface area contributed by atoms with E-state index in [0.717, 1.165) is 0 Å². The Balaban J connectivity index is 2.49. The molecule has 0 radical (unpaired) electrons. The predicted octanol–water partition coefficient (Wildman–Crippen LogP) is 0.613. The lowest BCUT2D eigenvalue weighted by molar-refractivity contribution is -0.120. The van der Waals surface area contributed by atoms with E-state index in [0.29, 0.717) is 17.0 Å². The first-order chi connectivity index (χ1) is 10.3. The smallest absolute Gasteiger partial charge is 0.426 e. The van der Waals surface area contributed by atoms with Crippen LogP contribution in [0, 0.1) is 5.92 Å². The van der Waals surface area contributed by atoms with Gasteiger partial charge in [0.1, 0.15) is 0 Å². The van der Waals surface area contributed by atoms with Crippen molar-refractivity contribution in [2.45, 2.75) is 26.2 Å². The standard InChI is InChI=1S/C14H20BClN2O4/c1-9(2)6-12(15(21)22)18-13(19)8-17-14(20)10-4-3-5-11(16)7-10/h3-5,7,9,12,21-22H,6,8H2,1-2H3,(H,17,20)(H,18,19)/t12-/m0/s1. The molecule has 120 valence electrons. The van der Waals surface area contributed by atoms with Crippen LogP contribution in [0.3, 0.4) is 0 Å². The number of carbonyl (C=O) groups excluding carboxylic acids is 2. The number of rotatable bonds is 7. The largest absolute Gasteiger partial charge is 0.475 e. The molecule has 8 heteroatoms. The molecule has 0 heterocycles. The second-order valence-corrected chi connectivity index (χ2v) is 5.85. The van der Waals surface area contributed by atoms with Crippen LogP contribution >= 0.6 is 11.6 Å². The lowest BCUT2D eigenvalue weighted by Crippen LogP contribution is -2.50. The maximum Gasteiger partial charge on any atom is 0.475 e. The van der Waals surface area contributed by atoms with E-state index >= 15 is 0 Å². The minimum absolute atomic E-state index is 0.188. The Morgan fingerprint density at radius 1 is 1.32 bits per heavy atom. The predicted molar refractivity (Wildman–Crippen MR) is 85.4 cm³/mol. The first kappa shape index (κ1) is 18.5. The summed E-state index contributed by atoms with van der Waals surface area (Å²) in [6, 6.07) is 6.36. The van der Waals surface area contributed by atoms with Gasteiger partial charge >= 0.3 is 7.12 Å². The summed E-state index contributed by atoms with van der Waals surface area (Å²) in [6.07, 6.45) is 0.422. The van der Waals surface area contributed by atoms with E-state index in [-0.39, 0.29) is 12.5 Å². The average Bonchev–Trinajstić information content (AvgIpc) is 2.43. The Hall–Kier alpha value is -1.57. The minimum atomic E-state index is -1.64. The van der Waals surface area contributed by atoms with Gasteiger partial charge in [0.05, 0.1) is 12.5 Å². The molecule has 0 aliphatic heterocycles. The van der Waals surface area contributed by atoms with Crippen molar-refractivity contribution in [2.24, 2.45) is 5.92 Å². The summed E-state index contributed by atoms with van der Waals surface area (Å²) in [6.45, 7) is 3.55. The number of halogens is 1. The third kappa shape index (κ3) is 6.47. The van der Waals surface area contributed by atoms with Gasteiger partial charge in [0, 0.05) is 10.6 Å². The molecular formula is C14H20BClN2O4. The van der Waals surface area contributed by atoms with Crippen LogP contribution in [0.25, 0.3) is 0 Å². The molecule has 2 amide bonds. The van der Waals surface area contributed by atoms with Crippen molar-refractivity contribution < 1.29 is 19.6 Å². The van der Waals surface area contributed by atoms with E-state index in [9.17, 15) is 19.6 Å². The van der Waals surface area contributed by atoms with Gasteiger partial charge in [0.2, 0.25) is 5.91 Å². The lowest BCUT2D eigenvalue weighted by atomic mass is 9.75. The Morgan fingerprint density at radius 3 is 2.55 bits per heavy atom. The van der Waals surface area contributed by atoms with Crippen LogP contribution in [0.5, 0.6) is 0 Å². The molecule has 0 unspecified atom stereocenters. The first-order valence-corrected chi connectivity index (χ1v) is 7.36. The molecule has 1 atom stereocenters. The highest BCUT2D eigenvalue weighted by molar-refractivity contribution is 6.43. The van der Waals surface area contributed by atoms with Gasteiger partial charge in [-0.1, -0.05) is 31.5 Å². The molecule has 0 aliphatic rings. The number of carbonyl (C=O) groups is 2. The number of nitrogens with one attached hydrogen (secondary N) is 2. The van der Waals surface area contributed by atoms with Gasteiger partial charge in [-0.05, 0) is 30.5 Å². The zero-order valence-electron chi connectivity index (χ0n) is 12.5. The fraction of sp³-hybridized carbons (Fsp3) is 0.429. The molecule has 1 aromatic carbocycles. The first-order valence-electron chi connectivity index (χ1n) is 6.99. The van der Waals surface area contributed by atoms with Gasteiger partial charge in [0.25, 0.3) is 5.91 Å². The van der Waals surface area contributed by atoms with Crippen LogP contribution in [0.4, 0.5) is 0 Å². The normalized spacial score (nSPS) is 11.9. The second kappa shape index (κ2) is 8.78. The fourth-order valence-corrected chi connectivity index (χ4v) is 2.10. The maximum atomic E-state index is 11.9. The highest BCUT2D eigenvalue weighted by Gasteiger charge is 2.26. The lowest BCUT2D eigenvalue weighted by Gasteiger charge is -2.19. The number of amides is 2. The number of hydrogen-bond donors (Lipinski definition) is 4. The topological polar surface area (TPSA) is 98.7 Å². The van der Waals surface area contributed by atoms with Crippen molar-refractivity contribution in [2.75, 3.05) is 6.54 Å². The zero-order valence-corrected chi connectivity index (χ0v) is 13.3. The zero-order chi connectivity index (χ0) is 16.7. The van der Waals surface area contributed by atoms with Crippen LogP contribution in [-0.4, -0.2) is 41.5 Å². The molecule has 0 fully saturated rings. The van der Waals surface area contributed by atoms with Crippen molar-refractivity contribution in [3.63, 3.8) is 0 Å². The molecule has 6 nitrogen and oxygen atoms in total. The third-order valence-electron chi connectivity index (χ3n) is 2.93. The van der Waals surface area contributed by atoms with Gasteiger partial charge in [-0.15, -0.1) is 0 Å². The Bertz CT molecular complexity index is 525. The molecule has 4 N–H and O–H groups in total. The third-order valence-corrected chi connectivity index (χ3v) is 3.16. The molecule has 0 aromatic heterocycles. The number of benzene rings is 1. The molecule has 1 aromatic rings. The van der Waals surface area contributed by atoms with Crippen molar-refractivity contribution >= 4 is 30.5 Å². The van der Waals surface area contributed by atoms with E-state index in [1.54, 1.807) is 18.2 Å². The summed E-state index contributed by atoms with van der Waals surface area (Å²) < 4.78 is 0. The minimum Gasteiger partial charge on any atom is -0.426 e. The van der Waals surface area contributed by atoms with Crippen LogP contribution in [-0.2, 0) is 4.79 Å². The van der Waals surface area contributed by atoms with Crippen molar-refractivity contribution in [1.82, 2.24) is 10.6 Å². The van der Waals surface area contributed by atoms with Crippen LogP contribution < -0.4 is 10.6 Å². The molecular weight excluding hydrogens is 306 g/mol. The Kier molecular flexibility index (Phi) is 7.37. The highest BCUT2D eigenvalue weighted by Crippen LogP contribution is 2.10. The maximum absolute atomic E-state index is 11.9. The molecule has 0 saturated heterocycles. The van der Waals surface area contributed by atoms with Gasteiger partial charge in [0.15, 0.2) is 0 Å². The van der Waals surface area contributed by atoms with Crippen LogP contribution in [0.1, 0.15) is 30.6 Å². The highest BCUT2D eigenvalue weighted by atomic mass is 35.5. The van der Waals surface area contributed by atoms with E-state index in [1.807, 2.05) is 13.8 Å².